The fourth-order valence-corrected chi connectivity index (χ4v) is 1.66. The van der Waals surface area contributed by atoms with Gasteiger partial charge in [-0.2, -0.15) is 0 Å². The van der Waals surface area contributed by atoms with Crippen molar-refractivity contribution in [2.75, 3.05) is 20.8 Å². The summed E-state index contributed by atoms with van der Waals surface area (Å²) in [6.07, 6.45) is 0. The zero-order chi connectivity index (χ0) is 13.0. The van der Waals surface area contributed by atoms with Crippen LogP contribution in [0.1, 0.15) is 17.3 Å². The van der Waals surface area contributed by atoms with Crippen LogP contribution in [0.2, 0.25) is 5.02 Å². The van der Waals surface area contributed by atoms with Crippen LogP contribution in [0.3, 0.4) is 0 Å². The number of rotatable bonds is 5. The predicted molar refractivity (Wildman–Crippen MR) is 62.7 cm³/mol. The van der Waals surface area contributed by atoms with Crippen molar-refractivity contribution in [3.8, 4) is 17.2 Å². The Morgan fingerprint density at radius 1 is 1.35 bits per heavy atom. The number of hydrogen-bond acceptors (Lipinski definition) is 4. The Bertz CT molecular complexity index is 430. The minimum atomic E-state index is -1.16. The van der Waals surface area contributed by atoms with Gasteiger partial charge in [0.1, 0.15) is 5.02 Å². The molecule has 0 amide bonds. The maximum atomic E-state index is 11.0. The second kappa shape index (κ2) is 5.63. The van der Waals surface area contributed by atoms with Crippen molar-refractivity contribution in [2.45, 2.75) is 6.92 Å². The largest absolute Gasteiger partial charge is 0.493 e. The fourth-order valence-electron chi connectivity index (χ4n) is 1.36. The third-order valence-electron chi connectivity index (χ3n) is 2.08. The molecule has 0 aliphatic carbocycles. The lowest BCUT2D eigenvalue weighted by Gasteiger charge is -2.15. The van der Waals surface area contributed by atoms with E-state index < -0.39 is 5.97 Å². The van der Waals surface area contributed by atoms with Crippen LogP contribution in [0.5, 0.6) is 17.2 Å². The molecule has 0 saturated heterocycles. The number of carboxylic acid groups (broad SMARTS) is 1. The average molecular weight is 261 g/mol. The standard InChI is InChI=1S/C11H13ClO5/c1-4-17-9-7(15-2)5-6(11(13)14)8(12)10(9)16-3/h5H,4H2,1-3H3,(H,13,14). The van der Waals surface area contributed by atoms with Gasteiger partial charge in [0.05, 0.1) is 26.4 Å². The van der Waals surface area contributed by atoms with Gasteiger partial charge in [-0.05, 0) is 6.92 Å². The van der Waals surface area contributed by atoms with Crippen LogP contribution in [0.25, 0.3) is 0 Å². The topological polar surface area (TPSA) is 65.0 Å². The van der Waals surface area contributed by atoms with Gasteiger partial charge in [0.2, 0.25) is 5.75 Å². The molecule has 1 rings (SSSR count). The molecular formula is C11H13ClO5. The van der Waals surface area contributed by atoms with Gasteiger partial charge < -0.3 is 19.3 Å². The number of ether oxygens (including phenoxy) is 3. The van der Waals surface area contributed by atoms with E-state index in [-0.39, 0.29) is 22.1 Å². The molecule has 0 aliphatic heterocycles. The number of carboxylic acids is 1. The molecule has 17 heavy (non-hydrogen) atoms. The van der Waals surface area contributed by atoms with E-state index >= 15 is 0 Å². The molecule has 94 valence electrons. The van der Waals surface area contributed by atoms with Crippen molar-refractivity contribution >= 4 is 17.6 Å². The first-order valence-electron chi connectivity index (χ1n) is 4.87. The van der Waals surface area contributed by atoms with Crippen molar-refractivity contribution in [1.29, 1.82) is 0 Å². The summed E-state index contributed by atoms with van der Waals surface area (Å²) < 4.78 is 15.5. The summed E-state index contributed by atoms with van der Waals surface area (Å²) in [5.74, 6) is -0.432. The summed E-state index contributed by atoms with van der Waals surface area (Å²) in [5, 5.41) is 8.98. The highest BCUT2D eigenvalue weighted by Crippen LogP contribution is 2.44. The van der Waals surface area contributed by atoms with E-state index in [2.05, 4.69) is 0 Å². The highest BCUT2D eigenvalue weighted by Gasteiger charge is 2.22. The zero-order valence-corrected chi connectivity index (χ0v) is 10.5. The van der Waals surface area contributed by atoms with Crippen molar-refractivity contribution in [3.05, 3.63) is 16.7 Å². The summed E-state index contributed by atoms with van der Waals surface area (Å²) in [4.78, 5) is 11.0. The molecule has 0 bridgehead atoms. The van der Waals surface area contributed by atoms with Crippen molar-refractivity contribution < 1.29 is 24.1 Å². The van der Waals surface area contributed by atoms with Crippen LogP contribution in [0, 0.1) is 0 Å². The Hall–Kier alpha value is -1.62. The highest BCUT2D eigenvalue weighted by molar-refractivity contribution is 6.35. The molecule has 0 fully saturated rings. The van der Waals surface area contributed by atoms with Crippen molar-refractivity contribution in [2.24, 2.45) is 0 Å². The predicted octanol–water partition coefficient (Wildman–Crippen LogP) is 2.45. The third kappa shape index (κ3) is 2.55. The Labute approximate surface area is 104 Å². The quantitative estimate of drug-likeness (QED) is 0.881. The van der Waals surface area contributed by atoms with Crippen LogP contribution in [0.15, 0.2) is 6.07 Å². The Morgan fingerprint density at radius 2 is 2.00 bits per heavy atom. The first kappa shape index (κ1) is 13.4. The molecule has 0 aromatic heterocycles. The molecule has 0 unspecified atom stereocenters. The second-order valence-electron chi connectivity index (χ2n) is 3.04. The number of hydrogen-bond donors (Lipinski definition) is 1. The molecule has 5 nitrogen and oxygen atoms in total. The van der Waals surface area contributed by atoms with Gasteiger partial charge in [-0.1, -0.05) is 11.6 Å². The molecule has 6 heteroatoms. The maximum absolute atomic E-state index is 11.0. The number of aromatic carboxylic acids is 1. The molecule has 0 atom stereocenters. The van der Waals surface area contributed by atoms with Crippen molar-refractivity contribution in [3.63, 3.8) is 0 Å². The molecule has 0 heterocycles. The summed E-state index contributed by atoms with van der Waals surface area (Å²) in [7, 11) is 2.80. The van der Waals surface area contributed by atoms with Gasteiger partial charge in [-0.15, -0.1) is 0 Å². The smallest absolute Gasteiger partial charge is 0.337 e. The van der Waals surface area contributed by atoms with E-state index in [9.17, 15) is 4.79 Å². The normalized spacial score (nSPS) is 9.88. The highest BCUT2D eigenvalue weighted by atomic mass is 35.5. The lowest BCUT2D eigenvalue weighted by molar-refractivity contribution is 0.0696. The molecule has 0 saturated carbocycles. The Kier molecular flexibility index (Phi) is 4.45. The van der Waals surface area contributed by atoms with E-state index in [4.69, 9.17) is 30.9 Å². The van der Waals surface area contributed by atoms with Crippen LogP contribution in [0.4, 0.5) is 0 Å². The van der Waals surface area contributed by atoms with Gasteiger partial charge in [0.25, 0.3) is 0 Å². The minimum Gasteiger partial charge on any atom is -0.493 e. The minimum absolute atomic E-state index is 0.00995. The summed E-state index contributed by atoms with van der Waals surface area (Å²) in [5.41, 5.74) is -0.0937. The summed E-state index contributed by atoms with van der Waals surface area (Å²) in [6.45, 7) is 2.17. The molecule has 0 aliphatic rings. The second-order valence-corrected chi connectivity index (χ2v) is 3.42. The first-order chi connectivity index (χ1) is 8.06. The number of benzene rings is 1. The molecule has 0 spiro atoms. The van der Waals surface area contributed by atoms with E-state index in [1.807, 2.05) is 0 Å². The van der Waals surface area contributed by atoms with E-state index in [0.29, 0.717) is 12.4 Å². The lowest BCUT2D eigenvalue weighted by Crippen LogP contribution is -2.04. The van der Waals surface area contributed by atoms with Crippen LogP contribution >= 0.6 is 11.6 Å². The summed E-state index contributed by atoms with van der Waals surface area (Å²) in [6, 6.07) is 1.30. The number of halogens is 1. The van der Waals surface area contributed by atoms with Crippen molar-refractivity contribution in [1.82, 2.24) is 0 Å². The van der Waals surface area contributed by atoms with Gasteiger partial charge in [0, 0.05) is 6.07 Å². The van der Waals surface area contributed by atoms with Gasteiger partial charge in [0.15, 0.2) is 11.5 Å². The Balaban J connectivity index is 3.49. The van der Waals surface area contributed by atoms with Gasteiger partial charge >= 0.3 is 5.97 Å². The number of carbonyl (C=O) groups is 1. The van der Waals surface area contributed by atoms with E-state index in [1.54, 1.807) is 6.92 Å². The average Bonchev–Trinajstić information content (AvgIpc) is 2.29. The van der Waals surface area contributed by atoms with Crippen LogP contribution in [-0.2, 0) is 0 Å². The molecule has 0 radical (unpaired) electrons. The van der Waals surface area contributed by atoms with Crippen LogP contribution < -0.4 is 14.2 Å². The maximum Gasteiger partial charge on any atom is 0.337 e. The SMILES string of the molecule is CCOc1c(OC)cc(C(=O)O)c(Cl)c1OC. The van der Waals surface area contributed by atoms with E-state index in [0.717, 1.165) is 0 Å². The lowest BCUT2D eigenvalue weighted by atomic mass is 10.2. The first-order valence-corrected chi connectivity index (χ1v) is 5.25. The van der Waals surface area contributed by atoms with Crippen LogP contribution in [-0.4, -0.2) is 31.9 Å². The zero-order valence-electron chi connectivity index (χ0n) is 9.74. The number of methoxy groups -OCH3 is 2. The van der Waals surface area contributed by atoms with Gasteiger partial charge in [-0.25, -0.2) is 4.79 Å². The molecule has 1 aromatic carbocycles. The molecular weight excluding hydrogens is 248 g/mol. The monoisotopic (exact) mass is 260 g/mol. The Morgan fingerprint density at radius 3 is 2.41 bits per heavy atom. The van der Waals surface area contributed by atoms with E-state index in [1.165, 1.54) is 20.3 Å². The fraction of sp³-hybridized carbons (Fsp3) is 0.364. The molecule has 1 N–H and O–H groups in total. The molecule has 1 aromatic rings. The third-order valence-corrected chi connectivity index (χ3v) is 2.46. The van der Waals surface area contributed by atoms with Gasteiger partial charge in [-0.3, -0.25) is 0 Å². The summed E-state index contributed by atoms with van der Waals surface area (Å²) >= 11 is 5.93.